The Labute approximate surface area is 629 Å². The number of fused-ring (bicyclic) bond motifs is 23. The number of ether oxygens (including phenoxy) is 2. The SMILES string of the molecule is C1=CC2c3cc(-c4nc(-c5ccccc5)nc(-c5ccccc5)n4)ccc3OC2c2c1n(-c1ccc3c4ccccc4c4ccccc4c3c1)c1ccccc21.CC1(C)c2ccccc2-c2ccc(-n3c4c(c5ccccc53)C3Oc5ccc(-c6nc(-c7ccccc7)nc(-c7ccccc7)n6)cc5C3C=C4)cc21. The summed E-state index contributed by atoms with van der Waals surface area (Å²) in [5.74, 6) is 5.75. The van der Waals surface area contributed by atoms with Crippen molar-refractivity contribution in [3.63, 3.8) is 0 Å². The fraction of sp³-hybridized carbons (Fsp3) is 0.0707. The van der Waals surface area contributed by atoms with E-state index in [2.05, 4.69) is 241 Å². The molecule has 0 fully saturated rings. The Morgan fingerprint density at radius 3 is 1.08 bits per heavy atom. The van der Waals surface area contributed by atoms with Crippen LogP contribution in [0.3, 0.4) is 0 Å². The van der Waals surface area contributed by atoms with Gasteiger partial charge in [-0.2, -0.15) is 0 Å². The van der Waals surface area contributed by atoms with Gasteiger partial charge in [0.05, 0.1) is 22.4 Å². The van der Waals surface area contributed by atoms with Crippen molar-refractivity contribution in [1.82, 2.24) is 39.0 Å². The van der Waals surface area contributed by atoms with Crippen LogP contribution in [0.4, 0.5) is 0 Å². The van der Waals surface area contributed by atoms with E-state index >= 15 is 0 Å². The Kier molecular flexibility index (Phi) is 14.1. The van der Waals surface area contributed by atoms with Gasteiger partial charge >= 0.3 is 0 Å². The van der Waals surface area contributed by atoms with E-state index in [4.69, 9.17) is 39.4 Å². The first-order valence-electron chi connectivity index (χ1n) is 37.4. The lowest BCUT2D eigenvalue weighted by Gasteiger charge is -2.24. The third-order valence-corrected chi connectivity index (χ3v) is 23.0. The number of aromatic nitrogens is 8. The fourth-order valence-electron chi connectivity index (χ4n) is 17.9. The molecule has 0 saturated heterocycles. The van der Waals surface area contributed by atoms with Crippen LogP contribution in [-0.4, -0.2) is 39.0 Å². The molecule has 23 rings (SSSR count). The van der Waals surface area contributed by atoms with Crippen molar-refractivity contribution in [3.05, 3.63) is 372 Å². The van der Waals surface area contributed by atoms with Gasteiger partial charge in [-0.05, 0) is 140 Å². The zero-order valence-electron chi connectivity index (χ0n) is 59.5. The Morgan fingerprint density at radius 2 is 0.633 bits per heavy atom. The Morgan fingerprint density at radius 1 is 0.284 bits per heavy atom. The summed E-state index contributed by atoms with van der Waals surface area (Å²) in [5.41, 5.74) is 22.7. The van der Waals surface area contributed by atoms with Gasteiger partial charge in [0.15, 0.2) is 34.9 Å². The second-order valence-corrected chi connectivity index (χ2v) is 29.5. The molecule has 14 aromatic carbocycles. The van der Waals surface area contributed by atoms with Crippen LogP contribution in [0.15, 0.2) is 328 Å². The molecule has 0 radical (unpaired) electrons. The molecule has 0 saturated carbocycles. The normalized spacial score (nSPS) is 16.3. The van der Waals surface area contributed by atoms with Crippen LogP contribution in [0.1, 0.15) is 82.7 Å². The third-order valence-electron chi connectivity index (χ3n) is 23.0. The molecule has 10 nitrogen and oxygen atoms in total. The van der Waals surface area contributed by atoms with Crippen molar-refractivity contribution < 1.29 is 9.47 Å². The maximum Gasteiger partial charge on any atom is 0.164 e. The van der Waals surface area contributed by atoms with Crippen LogP contribution in [0.2, 0.25) is 0 Å². The maximum absolute atomic E-state index is 6.93. The van der Waals surface area contributed by atoms with E-state index in [9.17, 15) is 0 Å². The highest BCUT2D eigenvalue weighted by Gasteiger charge is 2.43. The van der Waals surface area contributed by atoms with Gasteiger partial charge in [0.25, 0.3) is 0 Å². The van der Waals surface area contributed by atoms with E-state index in [-0.39, 0.29) is 29.5 Å². The fourth-order valence-corrected chi connectivity index (χ4v) is 17.9. The summed E-state index contributed by atoms with van der Waals surface area (Å²) in [5, 5.41) is 10.0. The van der Waals surface area contributed by atoms with Gasteiger partial charge in [-0.15, -0.1) is 0 Å². The van der Waals surface area contributed by atoms with E-state index in [0.717, 1.165) is 67.4 Å². The molecule has 5 aliphatic rings. The molecule has 0 amide bonds. The third kappa shape index (κ3) is 9.94. The van der Waals surface area contributed by atoms with Crippen LogP contribution >= 0.6 is 0 Å². The van der Waals surface area contributed by atoms with Crippen LogP contribution < -0.4 is 9.47 Å². The Balaban J connectivity index is 0.000000135. The monoisotopic (exact) mass is 1400 g/mol. The van der Waals surface area contributed by atoms with Crippen molar-refractivity contribution in [2.24, 2.45) is 0 Å². The Bertz CT molecular complexity index is 6710. The largest absolute Gasteiger partial charge is 0.484 e. The van der Waals surface area contributed by atoms with E-state index in [1.807, 2.05) is 121 Å². The molecule has 4 unspecified atom stereocenters. The predicted molar refractivity (Wildman–Crippen MR) is 439 cm³/mol. The molecule has 4 atom stereocenters. The molecule has 10 heteroatoms. The first-order valence-corrected chi connectivity index (χ1v) is 37.4. The topological polar surface area (TPSA) is 106 Å². The number of nitrogens with zero attached hydrogens (tertiary/aromatic N) is 8. The van der Waals surface area contributed by atoms with Crippen molar-refractivity contribution >= 4 is 66.3 Å². The maximum atomic E-state index is 6.93. The first kappa shape index (κ1) is 62.4. The summed E-state index contributed by atoms with van der Waals surface area (Å²) in [4.78, 5) is 29.8. The van der Waals surface area contributed by atoms with E-state index in [0.29, 0.717) is 34.9 Å². The van der Waals surface area contributed by atoms with Gasteiger partial charge in [0.1, 0.15) is 23.7 Å². The quantitative estimate of drug-likeness (QED) is 0.139. The molecule has 0 bridgehead atoms. The standard InChI is InChI=1S/C51H32N4O.C48H34N4O/c1-3-13-31(14-4-1)49-52-50(32-15-5-2-6-16-32)54-51(53-49)33-23-28-46-43(29-33)40-26-27-45-47(48(40)56-46)41-21-11-12-22-44(41)55(45)34-24-25-39-37-19-8-7-17-35(37)36-18-9-10-20-38(36)42(39)30-34;1-48(2)38-19-11-9-17-33(38)34-23-22-32(28-39(34)48)52-40-20-12-10-18-36(40)43-41(52)25-24-35-37-27-31(21-26-42(37)53-44(35)43)47-50-45(29-13-5-3-6-14-29)49-46(51-47)30-15-7-4-8-16-30/h1-30,40,48H;3-28,35,44H,1-2H3. The van der Waals surface area contributed by atoms with Crippen LogP contribution in [-0.2, 0) is 5.41 Å². The lowest BCUT2D eigenvalue weighted by atomic mass is 9.82. The van der Waals surface area contributed by atoms with Crippen molar-refractivity contribution in [3.8, 4) is 102 Å². The van der Waals surface area contributed by atoms with Gasteiger partial charge in [-0.1, -0.05) is 269 Å². The summed E-state index contributed by atoms with van der Waals surface area (Å²) >= 11 is 0. The second-order valence-electron chi connectivity index (χ2n) is 29.5. The summed E-state index contributed by atoms with van der Waals surface area (Å²) < 4.78 is 18.7. The molecule has 0 spiro atoms. The predicted octanol–water partition coefficient (Wildman–Crippen LogP) is 23.9. The van der Waals surface area contributed by atoms with Gasteiger partial charge in [-0.3, -0.25) is 0 Å². The highest BCUT2D eigenvalue weighted by molar-refractivity contribution is 6.25. The highest BCUT2D eigenvalue weighted by Crippen LogP contribution is 2.57. The van der Waals surface area contributed by atoms with Crippen LogP contribution in [0, 0.1) is 0 Å². The summed E-state index contributed by atoms with van der Waals surface area (Å²) in [6.45, 7) is 4.68. The highest BCUT2D eigenvalue weighted by atomic mass is 16.5. The molecule has 514 valence electrons. The zero-order chi connectivity index (χ0) is 72.0. The minimum atomic E-state index is -0.172. The van der Waals surface area contributed by atoms with Crippen molar-refractivity contribution in [2.75, 3.05) is 0 Å². The molecule has 6 heterocycles. The second kappa shape index (κ2) is 24.6. The molecule has 18 aromatic rings. The molecule has 109 heavy (non-hydrogen) atoms. The average Bonchev–Trinajstić information content (AvgIpc) is 1.62. The minimum absolute atomic E-state index is 0.0349. The summed E-state index contributed by atoms with van der Waals surface area (Å²) in [6.07, 6.45) is 8.92. The number of benzene rings is 14. The van der Waals surface area contributed by atoms with E-state index in [1.54, 1.807) is 0 Å². The number of rotatable bonds is 8. The Hall–Kier alpha value is -14.0. The summed E-state index contributed by atoms with van der Waals surface area (Å²) in [6, 6.07) is 111. The lowest BCUT2D eigenvalue weighted by Crippen LogP contribution is -2.16. The molecule has 3 aliphatic carbocycles. The van der Waals surface area contributed by atoms with Crippen LogP contribution in [0.5, 0.6) is 11.5 Å². The molecular formula is C99H66N8O2. The molecule has 4 aromatic heterocycles. The minimum Gasteiger partial charge on any atom is -0.484 e. The van der Waals surface area contributed by atoms with Crippen molar-refractivity contribution in [2.45, 2.75) is 43.3 Å². The van der Waals surface area contributed by atoms with E-state index in [1.165, 1.54) is 98.9 Å². The number of hydrogen-bond acceptors (Lipinski definition) is 8. The summed E-state index contributed by atoms with van der Waals surface area (Å²) in [7, 11) is 0. The zero-order valence-corrected chi connectivity index (χ0v) is 59.5. The lowest BCUT2D eigenvalue weighted by molar-refractivity contribution is 0.224. The number of para-hydroxylation sites is 2. The van der Waals surface area contributed by atoms with Crippen LogP contribution in [0.25, 0.3) is 157 Å². The first-order chi connectivity index (χ1) is 53.8. The van der Waals surface area contributed by atoms with Gasteiger partial charge in [-0.25, -0.2) is 29.9 Å². The van der Waals surface area contributed by atoms with Gasteiger partial charge in [0, 0.05) is 95.0 Å². The number of hydrogen-bond donors (Lipinski definition) is 0. The van der Waals surface area contributed by atoms with Gasteiger partial charge in [0.2, 0.25) is 0 Å². The molecular weight excluding hydrogens is 1330 g/mol. The van der Waals surface area contributed by atoms with E-state index < -0.39 is 0 Å². The average molecular weight is 1400 g/mol. The molecule has 0 N–H and O–H groups in total. The molecule has 2 aliphatic heterocycles. The van der Waals surface area contributed by atoms with Crippen molar-refractivity contribution in [1.29, 1.82) is 0 Å². The smallest absolute Gasteiger partial charge is 0.164 e. The van der Waals surface area contributed by atoms with Gasteiger partial charge < -0.3 is 18.6 Å².